The molecule has 1 atom stereocenters. The third kappa shape index (κ3) is 2.45. The molecule has 94 valence electrons. The first-order chi connectivity index (χ1) is 8.11. The van der Waals surface area contributed by atoms with Crippen molar-refractivity contribution in [3.8, 4) is 0 Å². The minimum absolute atomic E-state index is 0.214. The Labute approximate surface area is 98.4 Å². The lowest BCUT2D eigenvalue weighted by molar-refractivity contribution is 0.181. The van der Waals surface area contributed by atoms with Crippen LogP contribution in [0.3, 0.4) is 0 Å². The molecular formula is C12H15F3N2. The first kappa shape index (κ1) is 12.4. The molecule has 1 unspecified atom stereocenters. The molecule has 2 rings (SSSR count). The Hall–Kier alpha value is -1.07. The highest BCUT2D eigenvalue weighted by Gasteiger charge is 2.23. The zero-order chi connectivity index (χ0) is 12.4. The Balaban J connectivity index is 2.24. The number of nitrogens with one attached hydrogen (secondary N) is 1. The molecule has 0 aromatic heterocycles. The zero-order valence-corrected chi connectivity index (χ0v) is 9.64. The lowest BCUT2D eigenvalue weighted by atomic mass is 10.1. The average molecular weight is 244 g/mol. The number of rotatable bonds is 2. The van der Waals surface area contributed by atoms with Crippen LogP contribution < -0.4 is 5.32 Å². The van der Waals surface area contributed by atoms with Gasteiger partial charge >= 0.3 is 0 Å². The van der Waals surface area contributed by atoms with Gasteiger partial charge in [0, 0.05) is 37.8 Å². The second kappa shape index (κ2) is 5.06. The molecule has 1 heterocycles. The van der Waals surface area contributed by atoms with Gasteiger partial charge in [-0.25, -0.2) is 13.2 Å². The van der Waals surface area contributed by atoms with E-state index in [1.807, 2.05) is 4.90 Å². The molecule has 0 spiro atoms. The number of piperazine rings is 1. The van der Waals surface area contributed by atoms with Crippen molar-refractivity contribution >= 4 is 0 Å². The van der Waals surface area contributed by atoms with Crippen LogP contribution in [0.4, 0.5) is 13.2 Å². The van der Waals surface area contributed by atoms with Gasteiger partial charge in [0.1, 0.15) is 0 Å². The van der Waals surface area contributed by atoms with Crippen molar-refractivity contribution in [2.75, 3.05) is 26.2 Å². The van der Waals surface area contributed by atoms with Gasteiger partial charge in [-0.15, -0.1) is 0 Å². The van der Waals surface area contributed by atoms with Crippen LogP contribution in [0, 0.1) is 17.5 Å². The van der Waals surface area contributed by atoms with E-state index >= 15 is 0 Å². The Morgan fingerprint density at radius 2 is 1.76 bits per heavy atom. The standard InChI is InChI=1S/C12H15F3N2/c1-8(17-6-4-16-5-7-17)9-2-3-10(13)12(15)11(9)14/h2-3,8,16H,4-7H2,1H3. The van der Waals surface area contributed by atoms with Gasteiger partial charge in [-0.2, -0.15) is 0 Å². The van der Waals surface area contributed by atoms with Gasteiger partial charge in [0.25, 0.3) is 0 Å². The van der Waals surface area contributed by atoms with E-state index in [2.05, 4.69) is 5.32 Å². The molecule has 17 heavy (non-hydrogen) atoms. The fraction of sp³-hybridized carbons (Fsp3) is 0.500. The number of hydrogen-bond acceptors (Lipinski definition) is 2. The van der Waals surface area contributed by atoms with Crippen molar-refractivity contribution in [2.45, 2.75) is 13.0 Å². The molecule has 1 aromatic rings. The van der Waals surface area contributed by atoms with Gasteiger partial charge in [-0.1, -0.05) is 6.07 Å². The topological polar surface area (TPSA) is 15.3 Å². The summed E-state index contributed by atoms with van der Waals surface area (Å²) in [7, 11) is 0. The molecule has 1 aromatic carbocycles. The van der Waals surface area contributed by atoms with Crippen LogP contribution in [-0.4, -0.2) is 31.1 Å². The van der Waals surface area contributed by atoms with Crippen molar-refractivity contribution < 1.29 is 13.2 Å². The van der Waals surface area contributed by atoms with E-state index in [0.29, 0.717) is 0 Å². The summed E-state index contributed by atoms with van der Waals surface area (Å²) >= 11 is 0. The number of benzene rings is 1. The van der Waals surface area contributed by atoms with Crippen LogP contribution in [0.25, 0.3) is 0 Å². The molecule has 1 fully saturated rings. The van der Waals surface area contributed by atoms with E-state index in [1.54, 1.807) is 6.92 Å². The van der Waals surface area contributed by atoms with E-state index in [4.69, 9.17) is 0 Å². The highest BCUT2D eigenvalue weighted by molar-refractivity contribution is 5.23. The maximum Gasteiger partial charge on any atom is 0.194 e. The quantitative estimate of drug-likeness (QED) is 0.801. The summed E-state index contributed by atoms with van der Waals surface area (Å²) < 4.78 is 39.6. The number of halogens is 3. The lowest BCUT2D eigenvalue weighted by Gasteiger charge is -2.33. The zero-order valence-electron chi connectivity index (χ0n) is 9.64. The molecule has 1 aliphatic heterocycles. The molecule has 1 aliphatic rings. The minimum Gasteiger partial charge on any atom is -0.314 e. The fourth-order valence-electron chi connectivity index (χ4n) is 2.13. The lowest BCUT2D eigenvalue weighted by Crippen LogP contribution is -2.44. The average Bonchev–Trinajstić information content (AvgIpc) is 2.36. The predicted octanol–water partition coefficient (Wildman–Crippen LogP) is 2.07. The van der Waals surface area contributed by atoms with Crippen molar-refractivity contribution in [1.82, 2.24) is 10.2 Å². The SMILES string of the molecule is CC(c1ccc(F)c(F)c1F)N1CCNCC1. The first-order valence-electron chi connectivity index (χ1n) is 5.69. The van der Waals surface area contributed by atoms with Crippen LogP contribution in [0.15, 0.2) is 12.1 Å². The summed E-state index contributed by atoms with van der Waals surface area (Å²) in [5.74, 6) is -3.60. The second-order valence-electron chi connectivity index (χ2n) is 4.23. The maximum atomic E-state index is 13.6. The summed E-state index contributed by atoms with van der Waals surface area (Å²) in [4.78, 5) is 2.05. The van der Waals surface area contributed by atoms with Crippen molar-refractivity contribution in [2.24, 2.45) is 0 Å². The summed E-state index contributed by atoms with van der Waals surface area (Å²) in [6.45, 7) is 5.02. The Bertz CT molecular complexity index is 403. The van der Waals surface area contributed by atoms with Crippen molar-refractivity contribution in [1.29, 1.82) is 0 Å². The smallest absolute Gasteiger partial charge is 0.194 e. The van der Waals surface area contributed by atoms with Crippen molar-refractivity contribution in [3.63, 3.8) is 0 Å². The van der Waals surface area contributed by atoms with Gasteiger partial charge < -0.3 is 5.32 Å². The molecule has 0 aliphatic carbocycles. The molecule has 1 N–H and O–H groups in total. The predicted molar refractivity (Wildman–Crippen MR) is 59.2 cm³/mol. The highest BCUT2D eigenvalue weighted by Crippen LogP contribution is 2.25. The van der Waals surface area contributed by atoms with E-state index in [9.17, 15) is 13.2 Å². The summed E-state index contributed by atoms with van der Waals surface area (Å²) in [5, 5.41) is 3.19. The largest absolute Gasteiger partial charge is 0.314 e. The van der Waals surface area contributed by atoms with Crippen LogP contribution in [0.5, 0.6) is 0 Å². The third-order valence-corrected chi connectivity index (χ3v) is 3.21. The first-order valence-corrected chi connectivity index (χ1v) is 5.69. The monoisotopic (exact) mass is 244 g/mol. The van der Waals surface area contributed by atoms with Gasteiger partial charge in [-0.05, 0) is 13.0 Å². The number of nitrogens with zero attached hydrogens (tertiary/aromatic N) is 1. The molecule has 0 bridgehead atoms. The molecule has 5 heteroatoms. The van der Waals surface area contributed by atoms with Gasteiger partial charge in [0.2, 0.25) is 0 Å². The maximum absolute atomic E-state index is 13.6. The highest BCUT2D eigenvalue weighted by atomic mass is 19.2. The molecule has 1 saturated heterocycles. The summed E-state index contributed by atoms with van der Waals surface area (Å²) in [6.07, 6.45) is 0. The van der Waals surface area contributed by atoms with E-state index in [1.165, 1.54) is 6.07 Å². The van der Waals surface area contributed by atoms with Crippen molar-refractivity contribution in [3.05, 3.63) is 35.1 Å². The third-order valence-electron chi connectivity index (χ3n) is 3.21. The van der Waals surface area contributed by atoms with Crippen LogP contribution in [-0.2, 0) is 0 Å². The van der Waals surface area contributed by atoms with Crippen LogP contribution in [0.2, 0.25) is 0 Å². The minimum atomic E-state index is -1.38. The molecule has 2 nitrogen and oxygen atoms in total. The van der Waals surface area contributed by atoms with Gasteiger partial charge in [0.15, 0.2) is 17.5 Å². The van der Waals surface area contributed by atoms with E-state index in [0.717, 1.165) is 32.2 Å². The number of hydrogen-bond donors (Lipinski definition) is 1. The summed E-state index contributed by atoms with van der Waals surface area (Å²) in [5.41, 5.74) is 0.214. The fourth-order valence-corrected chi connectivity index (χ4v) is 2.13. The molecule has 0 saturated carbocycles. The Morgan fingerprint density at radius 1 is 1.12 bits per heavy atom. The van der Waals surface area contributed by atoms with Gasteiger partial charge in [-0.3, -0.25) is 4.90 Å². The van der Waals surface area contributed by atoms with Gasteiger partial charge in [0.05, 0.1) is 0 Å². The normalized spacial score (nSPS) is 19.3. The van der Waals surface area contributed by atoms with Crippen LogP contribution in [0.1, 0.15) is 18.5 Å². The van der Waals surface area contributed by atoms with E-state index < -0.39 is 17.5 Å². The Kier molecular flexibility index (Phi) is 3.69. The molecular weight excluding hydrogens is 229 g/mol. The molecule has 0 amide bonds. The second-order valence-corrected chi connectivity index (χ2v) is 4.23. The molecule has 0 radical (unpaired) electrons. The Morgan fingerprint density at radius 3 is 2.41 bits per heavy atom. The summed E-state index contributed by atoms with van der Waals surface area (Å²) in [6, 6.07) is 2.06. The van der Waals surface area contributed by atoms with E-state index in [-0.39, 0.29) is 11.6 Å². The van der Waals surface area contributed by atoms with Crippen LogP contribution >= 0.6 is 0 Å².